The quantitative estimate of drug-likeness (QED) is 0.547. The molecule has 1 aliphatic heterocycles. The van der Waals surface area contributed by atoms with E-state index in [1.807, 2.05) is 60.7 Å². The maximum absolute atomic E-state index is 12.9. The van der Waals surface area contributed by atoms with Gasteiger partial charge in [-0.15, -0.1) is 0 Å². The van der Waals surface area contributed by atoms with Gasteiger partial charge in [0.1, 0.15) is 31.8 Å². The zero-order valence-electron chi connectivity index (χ0n) is 19.1. The van der Waals surface area contributed by atoms with Crippen molar-refractivity contribution in [2.75, 3.05) is 13.1 Å². The van der Waals surface area contributed by atoms with E-state index in [0.717, 1.165) is 11.1 Å². The molecule has 0 bridgehead atoms. The van der Waals surface area contributed by atoms with Crippen LogP contribution in [0.25, 0.3) is 0 Å². The molecule has 1 heterocycles. The van der Waals surface area contributed by atoms with E-state index in [0.29, 0.717) is 19.4 Å². The molecule has 1 saturated heterocycles. The highest BCUT2D eigenvalue weighted by Gasteiger charge is 2.36. The molecule has 2 atom stereocenters. The van der Waals surface area contributed by atoms with Gasteiger partial charge in [0, 0.05) is 6.54 Å². The van der Waals surface area contributed by atoms with Crippen LogP contribution in [0.15, 0.2) is 60.7 Å². The number of ether oxygens (including phenoxy) is 2. The molecular formula is C25H29N3O6. The fourth-order valence-electron chi connectivity index (χ4n) is 3.62. The van der Waals surface area contributed by atoms with E-state index in [1.54, 1.807) is 6.92 Å². The van der Waals surface area contributed by atoms with Crippen LogP contribution in [0.5, 0.6) is 0 Å². The van der Waals surface area contributed by atoms with Gasteiger partial charge in [0.05, 0.1) is 0 Å². The van der Waals surface area contributed by atoms with Gasteiger partial charge < -0.3 is 25.0 Å². The van der Waals surface area contributed by atoms with Gasteiger partial charge >= 0.3 is 12.1 Å². The summed E-state index contributed by atoms with van der Waals surface area (Å²) in [6.45, 7) is 1.85. The second kappa shape index (κ2) is 12.4. The molecule has 2 aromatic rings. The van der Waals surface area contributed by atoms with E-state index < -0.39 is 30.1 Å². The predicted molar refractivity (Wildman–Crippen MR) is 123 cm³/mol. The van der Waals surface area contributed by atoms with Crippen LogP contribution in [0.2, 0.25) is 0 Å². The Kier molecular flexibility index (Phi) is 9.02. The van der Waals surface area contributed by atoms with E-state index in [2.05, 4.69) is 10.6 Å². The molecule has 1 aliphatic rings. The number of alkyl carbamates (subject to hydrolysis) is 1. The molecule has 0 saturated carbocycles. The molecule has 2 N–H and O–H groups in total. The van der Waals surface area contributed by atoms with Crippen molar-refractivity contribution in [1.82, 2.24) is 15.5 Å². The summed E-state index contributed by atoms with van der Waals surface area (Å²) in [6, 6.07) is 16.8. The Labute approximate surface area is 198 Å². The van der Waals surface area contributed by atoms with Gasteiger partial charge in [0.25, 0.3) is 0 Å². The normalized spacial score (nSPS) is 15.8. The second-order valence-corrected chi connectivity index (χ2v) is 7.98. The lowest BCUT2D eigenvalue weighted by Crippen LogP contribution is -2.53. The zero-order valence-corrected chi connectivity index (χ0v) is 19.1. The molecular weight excluding hydrogens is 438 g/mol. The Balaban J connectivity index is 1.42. The van der Waals surface area contributed by atoms with Crippen molar-refractivity contribution in [2.24, 2.45) is 0 Å². The number of rotatable bonds is 9. The van der Waals surface area contributed by atoms with E-state index >= 15 is 0 Å². The smallest absolute Gasteiger partial charge is 0.408 e. The van der Waals surface area contributed by atoms with Crippen molar-refractivity contribution in [3.63, 3.8) is 0 Å². The Hall–Kier alpha value is -3.88. The maximum atomic E-state index is 12.9. The highest BCUT2D eigenvalue weighted by molar-refractivity contribution is 5.92. The minimum atomic E-state index is -0.868. The summed E-state index contributed by atoms with van der Waals surface area (Å²) in [6.07, 6.45) is 0.404. The van der Waals surface area contributed by atoms with Crippen molar-refractivity contribution < 1.29 is 28.7 Å². The molecule has 0 radical (unpaired) electrons. The van der Waals surface area contributed by atoms with Crippen molar-refractivity contribution in [3.8, 4) is 0 Å². The SMILES string of the molecule is C[C@H](NC(=O)OCc1ccccc1)C(=O)N1CCC[C@H]1C(=O)NCC(=O)OCc1ccccc1. The summed E-state index contributed by atoms with van der Waals surface area (Å²) < 4.78 is 10.3. The number of amides is 3. The third-order valence-corrected chi connectivity index (χ3v) is 5.41. The van der Waals surface area contributed by atoms with Crippen LogP contribution in [-0.2, 0) is 37.1 Å². The molecule has 1 fully saturated rings. The van der Waals surface area contributed by atoms with E-state index in [1.165, 1.54) is 4.90 Å². The van der Waals surface area contributed by atoms with Gasteiger partial charge in [-0.3, -0.25) is 14.4 Å². The van der Waals surface area contributed by atoms with Gasteiger partial charge in [0.2, 0.25) is 11.8 Å². The molecule has 0 unspecified atom stereocenters. The number of nitrogens with zero attached hydrogens (tertiary/aromatic N) is 1. The van der Waals surface area contributed by atoms with Crippen molar-refractivity contribution in [1.29, 1.82) is 0 Å². The monoisotopic (exact) mass is 467 g/mol. The summed E-state index contributed by atoms with van der Waals surface area (Å²) in [5.74, 6) is -1.38. The van der Waals surface area contributed by atoms with Gasteiger partial charge in [-0.1, -0.05) is 60.7 Å². The summed E-state index contributed by atoms with van der Waals surface area (Å²) in [5, 5.41) is 5.05. The lowest BCUT2D eigenvalue weighted by Gasteiger charge is -2.27. The number of nitrogens with one attached hydrogen (secondary N) is 2. The molecule has 9 heteroatoms. The standard InChI is InChI=1S/C25H29N3O6/c1-18(27-25(32)34-17-20-11-6-3-7-12-20)24(31)28-14-8-13-21(28)23(30)26-15-22(29)33-16-19-9-4-2-5-10-19/h2-7,9-12,18,21H,8,13-17H2,1H3,(H,26,30)(H,27,32)/t18-,21-/m0/s1. The molecule has 0 aromatic heterocycles. The van der Waals surface area contributed by atoms with Crippen molar-refractivity contribution >= 4 is 23.9 Å². The van der Waals surface area contributed by atoms with Crippen LogP contribution in [0, 0.1) is 0 Å². The first kappa shape index (κ1) is 24.8. The predicted octanol–water partition coefficient (Wildman–Crippen LogP) is 2.15. The second-order valence-electron chi connectivity index (χ2n) is 7.98. The molecule has 2 aromatic carbocycles. The number of carbonyl (C=O) groups is 4. The number of esters is 1. The lowest BCUT2D eigenvalue weighted by molar-refractivity contribution is -0.146. The molecule has 0 spiro atoms. The van der Waals surface area contributed by atoms with E-state index in [-0.39, 0.29) is 25.7 Å². The van der Waals surface area contributed by atoms with Gasteiger partial charge in [-0.25, -0.2) is 4.79 Å². The number of hydrogen-bond donors (Lipinski definition) is 2. The summed E-state index contributed by atoms with van der Waals surface area (Å²) in [4.78, 5) is 50.9. The summed E-state index contributed by atoms with van der Waals surface area (Å²) >= 11 is 0. The number of likely N-dealkylation sites (tertiary alicyclic amines) is 1. The minimum absolute atomic E-state index is 0.0860. The number of benzene rings is 2. The van der Waals surface area contributed by atoms with E-state index in [9.17, 15) is 19.2 Å². The molecule has 34 heavy (non-hydrogen) atoms. The Morgan fingerprint density at radius 1 is 0.941 bits per heavy atom. The molecule has 3 rings (SSSR count). The lowest BCUT2D eigenvalue weighted by atomic mass is 10.2. The highest BCUT2D eigenvalue weighted by Crippen LogP contribution is 2.18. The fourth-order valence-corrected chi connectivity index (χ4v) is 3.62. The van der Waals surface area contributed by atoms with E-state index in [4.69, 9.17) is 9.47 Å². The summed E-state index contributed by atoms with van der Waals surface area (Å²) in [5.41, 5.74) is 1.67. The third kappa shape index (κ3) is 7.33. The summed E-state index contributed by atoms with van der Waals surface area (Å²) in [7, 11) is 0. The molecule has 180 valence electrons. The Morgan fingerprint density at radius 2 is 1.53 bits per heavy atom. The zero-order chi connectivity index (χ0) is 24.3. The van der Waals surface area contributed by atoms with Crippen LogP contribution in [-0.4, -0.2) is 54.0 Å². The average molecular weight is 468 g/mol. The number of hydrogen-bond acceptors (Lipinski definition) is 6. The van der Waals surface area contributed by atoms with Gasteiger partial charge in [0.15, 0.2) is 0 Å². The van der Waals surface area contributed by atoms with Crippen LogP contribution in [0.4, 0.5) is 4.79 Å². The van der Waals surface area contributed by atoms with Crippen molar-refractivity contribution in [2.45, 2.75) is 45.1 Å². The minimum Gasteiger partial charge on any atom is -0.460 e. The number of carbonyl (C=O) groups excluding carboxylic acids is 4. The van der Waals surface area contributed by atoms with Crippen LogP contribution in [0.1, 0.15) is 30.9 Å². The Morgan fingerprint density at radius 3 is 2.15 bits per heavy atom. The van der Waals surface area contributed by atoms with Crippen LogP contribution >= 0.6 is 0 Å². The first-order valence-corrected chi connectivity index (χ1v) is 11.2. The topological polar surface area (TPSA) is 114 Å². The first-order chi connectivity index (χ1) is 16.4. The van der Waals surface area contributed by atoms with Crippen LogP contribution < -0.4 is 10.6 Å². The fraction of sp³-hybridized carbons (Fsp3) is 0.360. The van der Waals surface area contributed by atoms with Gasteiger partial charge in [-0.2, -0.15) is 0 Å². The van der Waals surface area contributed by atoms with Gasteiger partial charge in [-0.05, 0) is 30.9 Å². The van der Waals surface area contributed by atoms with Crippen molar-refractivity contribution in [3.05, 3.63) is 71.8 Å². The van der Waals surface area contributed by atoms with Crippen LogP contribution in [0.3, 0.4) is 0 Å². The molecule has 0 aliphatic carbocycles. The molecule has 9 nitrogen and oxygen atoms in total. The Bertz CT molecular complexity index is 983. The maximum Gasteiger partial charge on any atom is 0.408 e. The largest absolute Gasteiger partial charge is 0.460 e. The average Bonchev–Trinajstić information content (AvgIpc) is 3.35. The highest BCUT2D eigenvalue weighted by atomic mass is 16.5. The first-order valence-electron chi connectivity index (χ1n) is 11.2. The third-order valence-electron chi connectivity index (χ3n) is 5.41. The molecule has 3 amide bonds.